The van der Waals surface area contributed by atoms with E-state index < -0.39 is 20.6 Å². The Bertz CT molecular complexity index is 628. The minimum Gasteiger partial charge on any atom is -0.359 e. The second kappa shape index (κ2) is 6.48. The van der Waals surface area contributed by atoms with Crippen LogP contribution in [0, 0.1) is 10.1 Å². The fourth-order valence-corrected chi connectivity index (χ4v) is 4.30. The molecule has 1 amide bonds. The third-order valence-electron chi connectivity index (χ3n) is 2.44. The van der Waals surface area contributed by atoms with Crippen molar-refractivity contribution in [3.8, 4) is 0 Å². The van der Waals surface area contributed by atoms with Gasteiger partial charge in [-0.1, -0.05) is 11.6 Å². The van der Waals surface area contributed by atoms with Gasteiger partial charge in [0.25, 0.3) is 15.7 Å². The van der Waals surface area contributed by atoms with E-state index in [9.17, 15) is 23.3 Å². The van der Waals surface area contributed by atoms with Crippen molar-refractivity contribution in [2.24, 2.45) is 0 Å². The third kappa shape index (κ3) is 3.66. The first-order valence-electron chi connectivity index (χ1n) is 5.30. The fraction of sp³-hybridized carbons (Fsp3) is 0.444. The van der Waals surface area contributed by atoms with Crippen molar-refractivity contribution in [1.29, 1.82) is 0 Å². The maximum absolute atomic E-state index is 12.1. The van der Waals surface area contributed by atoms with Crippen LogP contribution in [-0.2, 0) is 14.8 Å². The Morgan fingerprint density at radius 1 is 1.60 bits per heavy atom. The van der Waals surface area contributed by atoms with Gasteiger partial charge in [-0.05, 0) is 0 Å². The van der Waals surface area contributed by atoms with Crippen LogP contribution in [0.25, 0.3) is 0 Å². The van der Waals surface area contributed by atoms with E-state index in [0.717, 1.165) is 10.4 Å². The van der Waals surface area contributed by atoms with Gasteiger partial charge >= 0.3 is 0 Å². The number of amides is 1. The van der Waals surface area contributed by atoms with Crippen molar-refractivity contribution < 1.29 is 18.1 Å². The minimum absolute atomic E-state index is 0.00652. The van der Waals surface area contributed by atoms with E-state index in [1.807, 2.05) is 0 Å². The minimum atomic E-state index is -3.90. The summed E-state index contributed by atoms with van der Waals surface area (Å²) in [4.78, 5) is 21.0. The Morgan fingerprint density at radius 2 is 2.20 bits per heavy atom. The highest BCUT2D eigenvalue weighted by Gasteiger charge is 2.28. The van der Waals surface area contributed by atoms with Crippen molar-refractivity contribution >= 4 is 44.6 Å². The summed E-state index contributed by atoms with van der Waals surface area (Å²) in [5, 5.41) is 13.0. The number of carbonyl (C=O) groups is 1. The average molecular weight is 342 g/mol. The molecule has 20 heavy (non-hydrogen) atoms. The normalized spacial score (nSPS) is 11.6. The van der Waals surface area contributed by atoms with Crippen LogP contribution in [0.4, 0.5) is 5.69 Å². The molecule has 0 radical (unpaired) electrons. The predicted molar refractivity (Wildman–Crippen MR) is 74.5 cm³/mol. The van der Waals surface area contributed by atoms with Gasteiger partial charge in [0.05, 0.1) is 4.92 Å². The molecule has 1 aromatic heterocycles. The molecule has 1 N–H and O–H groups in total. The first-order chi connectivity index (χ1) is 9.20. The van der Waals surface area contributed by atoms with Crippen LogP contribution in [0.1, 0.15) is 6.42 Å². The van der Waals surface area contributed by atoms with E-state index in [4.69, 9.17) is 11.6 Å². The highest BCUT2D eigenvalue weighted by atomic mass is 35.5. The number of nitro groups is 1. The Labute approximate surface area is 124 Å². The SMILES string of the molecule is CNC(=O)CCN(C)S(=O)(=O)c1cc([N+](=O)[O-])c(Cl)s1. The summed E-state index contributed by atoms with van der Waals surface area (Å²) < 4.78 is 24.8. The van der Waals surface area contributed by atoms with E-state index in [2.05, 4.69) is 5.32 Å². The van der Waals surface area contributed by atoms with Gasteiger partial charge in [0.2, 0.25) is 5.91 Å². The lowest BCUT2D eigenvalue weighted by Gasteiger charge is -2.14. The molecule has 0 atom stereocenters. The standard InChI is InChI=1S/C9H12ClN3O5S2/c1-11-7(14)3-4-12(2)20(17,18)8-5-6(13(15)16)9(10)19-8/h5H,3-4H2,1-2H3,(H,11,14). The second-order valence-corrected chi connectivity index (χ2v) is 7.66. The molecule has 0 saturated heterocycles. The summed E-state index contributed by atoms with van der Waals surface area (Å²) in [6.07, 6.45) is -0.00652. The molecule has 1 aromatic rings. The molecule has 0 aliphatic heterocycles. The monoisotopic (exact) mass is 341 g/mol. The van der Waals surface area contributed by atoms with E-state index in [1.54, 1.807) is 0 Å². The van der Waals surface area contributed by atoms with E-state index in [0.29, 0.717) is 11.3 Å². The van der Waals surface area contributed by atoms with Crippen molar-refractivity contribution in [3.63, 3.8) is 0 Å². The van der Waals surface area contributed by atoms with Crippen LogP contribution in [0.5, 0.6) is 0 Å². The summed E-state index contributed by atoms with van der Waals surface area (Å²) in [5.41, 5.74) is -0.449. The lowest BCUT2D eigenvalue weighted by atomic mass is 10.4. The zero-order valence-electron chi connectivity index (χ0n) is 10.6. The number of rotatable bonds is 6. The fourth-order valence-electron chi connectivity index (χ4n) is 1.25. The van der Waals surface area contributed by atoms with Crippen molar-refractivity contribution in [2.75, 3.05) is 20.6 Å². The largest absolute Gasteiger partial charge is 0.359 e. The van der Waals surface area contributed by atoms with Crippen LogP contribution in [0.2, 0.25) is 4.34 Å². The molecule has 0 aliphatic rings. The Hall–Kier alpha value is -1.23. The number of halogens is 1. The number of carbonyl (C=O) groups excluding carboxylic acids is 1. The quantitative estimate of drug-likeness (QED) is 0.614. The van der Waals surface area contributed by atoms with Crippen LogP contribution in [0.15, 0.2) is 10.3 Å². The van der Waals surface area contributed by atoms with Gasteiger partial charge < -0.3 is 5.32 Å². The number of hydrogen-bond donors (Lipinski definition) is 1. The molecule has 11 heteroatoms. The predicted octanol–water partition coefficient (Wildman–Crippen LogP) is 1.07. The molecule has 0 fully saturated rings. The first kappa shape index (κ1) is 16.8. The molecule has 0 unspecified atom stereocenters. The average Bonchev–Trinajstić information content (AvgIpc) is 2.78. The Kier molecular flexibility index (Phi) is 5.45. The molecular formula is C9H12ClN3O5S2. The van der Waals surface area contributed by atoms with Gasteiger partial charge in [-0.15, -0.1) is 11.3 Å². The molecule has 0 bridgehead atoms. The van der Waals surface area contributed by atoms with Crippen molar-refractivity contribution in [1.82, 2.24) is 9.62 Å². The van der Waals surface area contributed by atoms with Gasteiger partial charge in [-0.2, -0.15) is 4.31 Å². The van der Waals surface area contributed by atoms with Crippen molar-refractivity contribution in [2.45, 2.75) is 10.6 Å². The van der Waals surface area contributed by atoms with Gasteiger partial charge in [0.15, 0.2) is 4.34 Å². The van der Waals surface area contributed by atoms with Gasteiger partial charge in [0.1, 0.15) is 4.21 Å². The zero-order valence-corrected chi connectivity index (χ0v) is 13.0. The Morgan fingerprint density at radius 3 is 2.65 bits per heavy atom. The lowest BCUT2D eigenvalue weighted by Crippen LogP contribution is -2.31. The van der Waals surface area contributed by atoms with Crippen LogP contribution in [0.3, 0.4) is 0 Å². The first-order valence-corrected chi connectivity index (χ1v) is 7.94. The van der Waals surface area contributed by atoms with Gasteiger partial charge in [0, 0.05) is 33.1 Å². The number of nitrogens with zero attached hydrogens (tertiary/aromatic N) is 2. The maximum Gasteiger partial charge on any atom is 0.300 e. The third-order valence-corrected chi connectivity index (χ3v) is 6.08. The molecule has 8 nitrogen and oxygen atoms in total. The molecule has 112 valence electrons. The van der Waals surface area contributed by atoms with Gasteiger partial charge in [-0.25, -0.2) is 8.42 Å². The second-order valence-electron chi connectivity index (χ2n) is 3.73. The van der Waals surface area contributed by atoms with E-state index >= 15 is 0 Å². The smallest absolute Gasteiger partial charge is 0.300 e. The molecule has 0 saturated carbocycles. The molecule has 0 aliphatic carbocycles. The van der Waals surface area contributed by atoms with Crippen LogP contribution >= 0.6 is 22.9 Å². The molecule has 1 heterocycles. The number of nitrogens with one attached hydrogen (secondary N) is 1. The summed E-state index contributed by atoms with van der Waals surface area (Å²) in [5.74, 6) is -0.303. The number of thiophene rings is 1. The molecule has 0 aromatic carbocycles. The van der Waals surface area contributed by atoms with Crippen LogP contribution < -0.4 is 5.32 Å². The topological polar surface area (TPSA) is 110 Å². The highest BCUT2D eigenvalue weighted by Crippen LogP contribution is 2.37. The lowest BCUT2D eigenvalue weighted by molar-refractivity contribution is -0.384. The van der Waals surface area contributed by atoms with E-state index in [1.165, 1.54) is 14.1 Å². The summed E-state index contributed by atoms with van der Waals surface area (Å²) in [6.45, 7) is -0.0364. The zero-order chi connectivity index (χ0) is 15.5. The van der Waals surface area contributed by atoms with Crippen molar-refractivity contribution in [3.05, 3.63) is 20.5 Å². The van der Waals surface area contributed by atoms with Gasteiger partial charge in [-0.3, -0.25) is 14.9 Å². The summed E-state index contributed by atoms with van der Waals surface area (Å²) in [7, 11) is -1.16. The number of sulfonamides is 1. The summed E-state index contributed by atoms with van der Waals surface area (Å²) >= 11 is 6.24. The van der Waals surface area contributed by atoms with E-state index in [-0.39, 0.29) is 27.4 Å². The molecule has 0 spiro atoms. The maximum atomic E-state index is 12.1. The Balaban J connectivity index is 2.96. The summed E-state index contributed by atoms with van der Waals surface area (Å²) in [6, 6.07) is 0.915. The highest BCUT2D eigenvalue weighted by molar-refractivity contribution is 7.91. The molecule has 1 rings (SSSR count). The molecular weight excluding hydrogens is 330 g/mol. The van der Waals surface area contributed by atoms with Crippen LogP contribution in [-0.4, -0.2) is 44.2 Å². The number of hydrogen-bond acceptors (Lipinski definition) is 6.